The highest BCUT2D eigenvalue weighted by Crippen LogP contribution is 2.27. The molecule has 23 heavy (non-hydrogen) atoms. The standard InChI is InChI=1S/C14H17ClN4O3S/c1-18(23(21,22)12-5-3-2-4-11(12)15)10-6-7-13-16-17-14(20)19(13)9-8-10/h2-5,10H,6-9H2,1H3,(H,17,20). The van der Waals surface area contributed by atoms with E-state index in [0.717, 1.165) is 0 Å². The first kappa shape index (κ1) is 16.2. The third-order valence-electron chi connectivity index (χ3n) is 4.23. The average molecular weight is 357 g/mol. The first-order valence-electron chi connectivity index (χ1n) is 7.28. The number of aryl methyl sites for hydroxylation is 1. The highest BCUT2D eigenvalue weighted by atomic mass is 35.5. The number of sulfonamides is 1. The average Bonchev–Trinajstić information content (AvgIpc) is 2.75. The van der Waals surface area contributed by atoms with Gasteiger partial charge in [-0.15, -0.1) is 0 Å². The number of nitrogens with one attached hydrogen (secondary N) is 1. The zero-order chi connectivity index (χ0) is 16.6. The fourth-order valence-corrected chi connectivity index (χ4v) is 4.77. The van der Waals surface area contributed by atoms with E-state index in [0.29, 0.717) is 31.6 Å². The maximum atomic E-state index is 12.8. The summed E-state index contributed by atoms with van der Waals surface area (Å²) in [6.45, 7) is 0.442. The molecular formula is C14H17ClN4O3S. The second-order valence-electron chi connectivity index (χ2n) is 5.53. The van der Waals surface area contributed by atoms with Gasteiger partial charge in [0.05, 0.1) is 5.02 Å². The lowest BCUT2D eigenvalue weighted by Gasteiger charge is -2.26. The van der Waals surface area contributed by atoms with Crippen molar-refractivity contribution in [2.45, 2.75) is 36.7 Å². The van der Waals surface area contributed by atoms with Crippen LogP contribution in [0, 0.1) is 0 Å². The second kappa shape index (κ2) is 6.10. The first-order chi connectivity index (χ1) is 10.9. The minimum Gasteiger partial charge on any atom is -0.279 e. The summed E-state index contributed by atoms with van der Waals surface area (Å²) in [5, 5.41) is 6.61. The molecule has 0 bridgehead atoms. The SMILES string of the molecule is CN(C1CCc2n[nH]c(=O)n2CC1)S(=O)(=O)c1ccccc1Cl. The van der Waals surface area contributed by atoms with E-state index in [-0.39, 0.29) is 21.6 Å². The molecule has 0 radical (unpaired) electrons. The van der Waals surface area contributed by atoms with E-state index in [1.54, 1.807) is 29.8 Å². The maximum Gasteiger partial charge on any atom is 0.343 e. The van der Waals surface area contributed by atoms with Crippen LogP contribution in [0.15, 0.2) is 34.0 Å². The summed E-state index contributed by atoms with van der Waals surface area (Å²) < 4.78 is 28.5. The van der Waals surface area contributed by atoms with Gasteiger partial charge >= 0.3 is 5.69 Å². The largest absolute Gasteiger partial charge is 0.343 e. The molecule has 2 aromatic rings. The number of fused-ring (bicyclic) bond motifs is 1. The van der Waals surface area contributed by atoms with Crippen LogP contribution in [0.5, 0.6) is 0 Å². The zero-order valence-corrected chi connectivity index (χ0v) is 14.1. The van der Waals surface area contributed by atoms with E-state index in [9.17, 15) is 13.2 Å². The normalized spacial score (nSPS) is 18.7. The van der Waals surface area contributed by atoms with Gasteiger partial charge in [0.2, 0.25) is 10.0 Å². The van der Waals surface area contributed by atoms with E-state index >= 15 is 0 Å². The van der Waals surface area contributed by atoms with Gasteiger partial charge in [0.15, 0.2) is 0 Å². The van der Waals surface area contributed by atoms with Crippen LogP contribution in [0.3, 0.4) is 0 Å². The van der Waals surface area contributed by atoms with E-state index in [2.05, 4.69) is 10.2 Å². The van der Waals surface area contributed by atoms with Crippen molar-refractivity contribution in [3.8, 4) is 0 Å². The Morgan fingerprint density at radius 3 is 2.83 bits per heavy atom. The van der Waals surface area contributed by atoms with Crippen molar-refractivity contribution in [2.75, 3.05) is 7.05 Å². The Labute approximate surface area is 138 Å². The van der Waals surface area contributed by atoms with Gasteiger partial charge in [-0.3, -0.25) is 4.57 Å². The van der Waals surface area contributed by atoms with E-state index in [1.165, 1.54) is 10.4 Å². The van der Waals surface area contributed by atoms with Gasteiger partial charge in [0.1, 0.15) is 10.7 Å². The molecule has 0 amide bonds. The number of nitrogens with zero attached hydrogens (tertiary/aromatic N) is 3. The van der Waals surface area contributed by atoms with Crippen LogP contribution in [0.4, 0.5) is 0 Å². The van der Waals surface area contributed by atoms with Crippen molar-refractivity contribution in [3.05, 3.63) is 45.6 Å². The molecule has 1 N–H and O–H groups in total. The Morgan fingerprint density at radius 2 is 2.09 bits per heavy atom. The van der Waals surface area contributed by atoms with Crippen LogP contribution in [0.2, 0.25) is 5.02 Å². The van der Waals surface area contributed by atoms with Gasteiger partial charge in [-0.2, -0.15) is 9.40 Å². The van der Waals surface area contributed by atoms with E-state index in [4.69, 9.17) is 11.6 Å². The quantitative estimate of drug-likeness (QED) is 0.896. The smallest absolute Gasteiger partial charge is 0.279 e. The summed E-state index contributed by atoms with van der Waals surface area (Å²) in [6, 6.07) is 6.19. The maximum absolute atomic E-state index is 12.8. The van der Waals surface area contributed by atoms with Crippen LogP contribution in [0.25, 0.3) is 0 Å². The van der Waals surface area contributed by atoms with Crippen molar-refractivity contribution in [1.82, 2.24) is 19.1 Å². The summed E-state index contributed by atoms with van der Waals surface area (Å²) in [5.74, 6) is 0.668. The molecule has 0 spiro atoms. The molecule has 0 saturated carbocycles. The molecule has 1 unspecified atom stereocenters. The van der Waals surface area contributed by atoms with Crippen molar-refractivity contribution >= 4 is 21.6 Å². The molecule has 1 aromatic carbocycles. The van der Waals surface area contributed by atoms with Crippen molar-refractivity contribution in [1.29, 1.82) is 0 Å². The van der Waals surface area contributed by atoms with Crippen molar-refractivity contribution < 1.29 is 8.42 Å². The number of aromatic nitrogens is 3. The lowest BCUT2D eigenvalue weighted by Crippen LogP contribution is -2.37. The van der Waals surface area contributed by atoms with Crippen LogP contribution >= 0.6 is 11.6 Å². The molecule has 1 aromatic heterocycles. The predicted octanol–water partition coefficient (Wildman–Crippen LogP) is 1.25. The van der Waals surface area contributed by atoms with Gasteiger partial charge < -0.3 is 0 Å². The number of H-pyrrole nitrogens is 1. The summed E-state index contributed by atoms with van der Waals surface area (Å²) in [7, 11) is -2.12. The Balaban J connectivity index is 1.85. The predicted molar refractivity (Wildman–Crippen MR) is 86.0 cm³/mol. The lowest BCUT2D eigenvalue weighted by molar-refractivity contribution is 0.330. The molecule has 0 fully saturated rings. The van der Waals surface area contributed by atoms with Gasteiger partial charge in [-0.1, -0.05) is 23.7 Å². The molecule has 7 nitrogen and oxygen atoms in total. The highest BCUT2D eigenvalue weighted by molar-refractivity contribution is 7.89. The minimum atomic E-state index is -3.68. The fraction of sp³-hybridized carbons (Fsp3) is 0.429. The fourth-order valence-electron chi connectivity index (χ4n) is 2.86. The van der Waals surface area contributed by atoms with Crippen LogP contribution in [-0.2, 0) is 23.0 Å². The number of rotatable bonds is 3. The van der Waals surface area contributed by atoms with Gasteiger partial charge in [0.25, 0.3) is 0 Å². The van der Waals surface area contributed by atoms with Crippen LogP contribution in [0.1, 0.15) is 18.7 Å². The van der Waals surface area contributed by atoms with Crippen LogP contribution in [-0.4, -0.2) is 40.6 Å². The van der Waals surface area contributed by atoms with E-state index < -0.39 is 10.0 Å². The molecule has 9 heteroatoms. The Morgan fingerprint density at radius 1 is 1.35 bits per heavy atom. The third kappa shape index (κ3) is 2.93. The van der Waals surface area contributed by atoms with Gasteiger partial charge in [0, 0.05) is 26.1 Å². The summed E-state index contributed by atoms with van der Waals surface area (Å²) >= 11 is 6.03. The Bertz CT molecular complexity index is 874. The number of aromatic amines is 1. The molecule has 124 valence electrons. The van der Waals surface area contributed by atoms with Gasteiger partial charge in [-0.05, 0) is 25.0 Å². The summed E-state index contributed by atoms with van der Waals surface area (Å²) in [5.41, 5.74) is -0.253. The minimum absolute atomic E-state index is 0.101. The van der Waals surface area contributed by atoms with Crippen molar-refractivity contribution in [3.63, 3.8) is 0 Å². The highest BCUT2D eigenvalue weighted by Gasteiger charge is 2.31. The molecular weight excluding hydrogens is 340 g/mol. The summed E-state index contributed by atoms with van der Waals surface area (Å²) in [6.07, 6.45) is 1.70. The van der Waals surface area contributed by atoms with Crippen molar-refractivity contribution in [2.24, 2.45) is 0 Å². The molecule has 2 heterocycles. The number of hydrogen-bond acceptors (Lipinski definition) is 4. The molecule has 0 aliphatic carbocycles. The Kier molecular flexibility index (Phi) is 4.31. The zero-order valence-electron chi connectivity index (χ0n) is 12.6. The molecule has 1 aliphatic rings. The summed E-state index contributed by atoms with van der Waals surface area (Å²) in [4.78, 5) is 11.8. The number of hydrogen-bond donors (Lipinski definition) is 1. The number of halogens is 1. The molecule has 3 rings (SSSR count). The third-order valence-corrected chi connectivity index (χ3v) is 6.64. The van der Waals surface area contributed by atoms with Crippen LogP contribution < -0.4 is 5.69 Å². The van der Waals surface area contributed by atoms with Gasteiger partial charge in [-0.25, -0.2) is 18.3 Å². The molecule has 0 saturated heterocycles. The van der Waals surface area contributed by atoms with E-state index in [1.807, 2.05) is 0 Å². The number of benzene rings is 1. The molecule has 1 aliphatic heterocycles. The second-order valence-corrected chi connectivity index (χ2v) is 7.90. The molecule has 1 atom stereocenters. The lowest BCUT2D eigenvalue weighted by atomic mass is 10.1. The first-order valence-corrected chi connectivity index (χ1v) is 9.09. The Hall–Kier alpha value is -1.64. The monoisotopic (exact) mass is 356 g/mol. The topological polar surface area (TPSA) is 88.1 Å².